The van der Waals surface area contributed by atoms with Gasteiger partial charge in [-0.3, -0.25) is 0 Å². The Balaban J connectivity index is 2.22. The zero-order chi connectivity index (χ0) is 15.2. The number of fused-ring (bicyclic) bond motifs is 1. The zero-order valence-electron chi connectivity index (χ0n) is 11.0. The van der Waals surface area contributed by atoms with E-state index >= 15 is 0 Å². The Morgan fingerprint density at radius 2 is 1.86 bits per heavy atom. The lowest BCUT2D eigenvalue weighted by atomic mass is 9.80. The summed E-state index contributed by atoms with van der Waals surface area (Å²) in [6.07, 6.45) is -4.58. The summed E-state index contributed by atoms with van der Waals surface area (Å²) in [6, 6.07) is 9.39. The van der Waals surface area contributed by atoms with Gasteiger partial charge in [0.05, 0.1) is 6.61 Å². The average Bonchev–Trinajstić information content (AvgIpc) is 2.48. The lowest BCUT2D eigenvalue weighted by molar-refractivity contribution is -0.308. The predicted molar refractivity (Wildman–Crippen MR) is 73.5 cm³/mol. The largest absolute Gasteiger partial charge is 0.508 e. The van der Waals surface area contributed by atoms with Crippen molar-refractivity contribution in [1.29, 1.82) is 0 Å². The number of phenolic OH excluding ortho intramolecular Hbond substituents is 1. The second-order valence-electron chi connectivity index (χ2n) is 5.23. The molecule has 1 heterocycles. The van der Waals surface area contributed by atoms with Crippen molar-refractivity contribution in [3.05, 3.63) is 42.0 Å². The van der Waals surface area contributed by atoms with Crippen molar-refractivity contribution in [2.24, 2.45) is 0 Å². The van der Waals surface area contributed by atoms with Crippen molar-refractivity contribution in [1.82, 2.24) is 0 Å². The van der Waals surface area contributed by atoms with Crippen LogP contribution in [0.3, 0.4) is 0 Å². The molecule has 5 N–H and O–H groups in total. The van der Waals surface area contributed by atoms with Gasteiger partial charge >= 0.3 is 0 Å². The zero-order valence-corrected chi connectivity index (χ0v) is 11.0. The summed E-state index contributed by atoms with van der Waals surface area (Å²) in [5.74, 6) is 0.0627. The van der Waals surface area contributed by atoms with Gasteiger partial charge in [0.1, 0.15) is 18.0 Å². The van der Waals surface area contributed by atoms with E-state index in [2.05, 4.69) is 0 Å². The molecule has 0 amide bonds. The van der Waals surface area contributed by atoms with Crippen molar-refractivity contribution < 1.29 is 30.3 Å². The van der Waals surface area contributed by atoms with E-state index in [0.717, 1.165) is 0 Å². The van der Waals surface area contributed by atoms with Gasteiger partial charge in [0, 0.05) is 0 Å². The molecule has 3 rings (SSSR count). The van der Waals surface area contributed by atoms with Crippen molar-refractivity contribution >= 4 is 10.8 Å². The van der Waals surface area contributed by atoms with Crippen LogP contribution >= 0.6 is 0 Å². The van der Waals surface area contributed by atoms with Crippen LogP contribution in [-0.4, -0.2) is 50.6 Å². The molecule has 2 aromatic carbocycles. The van der Waals surface area contributed by atoms with Gasteiger partial charge in [-0.15, -0.1) is 0 Å². The topological polar surface area (TPSA) is 110 Å². The molecule has 1 fully saturated rings. The molecule has 112 valence electrons. The summed E-state index contributed by atoms with van der Waals surface area (Å²) in [7, 11) is 0. The summed E-state index contributed by atoms with van der Waals surface area (Å²) < 4.78 is 4.95. The molecule has 6 heteroatoms. The lowest BCUT2D eigenvalue weighted by Crippen LogP contribution is -2.60. The number of benzene rings is 2. The van der Waals surface area contributed by atoms with Crippen LogP contribution in [0.15, 0.2) is 36.4 Å². The quantitative estimate of drug-likeness (QED) is 0.498. The Kier molecular flexibility index (Phi) is 3.35. The molecule has 0 radical (unpaired) electrons. The number of aliphatic hydroxyl groups excluding tert-OH is 3. The number of hydrogen-bond donors (Lipinski definition) is 5. The molecule has 0 bridgehead atoms. The second kappa shape index (κ2) is 4.94. The number of ether oxygens (including phenoxy) is 1. The molecule has 0 spiro atoms. The van der Waals surface area contributed by atoms with Crippen LogP contribution in [0.2, 0.25) is 0 Å². The summed E-state index contributed by atoms with van der Waals surface area (Å²) in [5.41, 5.74) is -1.94. The van der Waals surface area contributed by atoms with Crippen LogP contribution in [0.1, 0.15) is 5.56 Å². The minimum absolute atomic E-state index is 0.0627. The van der Waals surface area contributed by atoms with E-state index < -0.39 is 24.1 Å². The first kappa shape index (κ1) is 14.2. The highest BCUT2D eigenvalue weighted by atomic mass is 16.6. The average molecular weight is 292 g/mol. The van der Waals surface area contributed by atoms with Crippen molar-refractivity contribution in [3.63, 3.8) is 0 Å². The molecular formula is C15H16O6. The Labute approximate surface area is 120 Å². The monoisotopic (exact) mass is 292 g/mol. The van der Waals surface area contributed by atoms with E-state index in [-0.39, 0.29) is 17.9 Å². The van der Waals surface area contributed by atoms with Gasteiger partial charge in [-0.2, -0.15) is 0 Å². The summed E-state index contributed by atoms with van der Waals surface area (Å²) >= 11 is 0. The van der Waals surface area contributed by atoms with Crippen molar-refractivity contribution in [2.45, 2.75) is 24.1 Å². The van der Waals surface area contributed by atoms with Gasteiger partial charge in [-0.05, 0) is 28.5 Å². The van der Waals surface area contributed by atoms with E-state index in [9.17, 15) is 25.5 Å². The molecule has 0 aromatic heterocycles. The fourth-order valence-electron chi connectivity index (χ4n) is 2.76. The van der Waals surface area contributed by atoms with Gasteiger partial charge in [-0.25, -0.2) is 0 Å². The first-order valence-electron chi connectivity index (χ1n) is 6.55. The SMILES string of the molecule is Oc1ccc2c([C@]3(O)[C@@H](O)OC[C@@H](O)[C@@H]3O)cccc2c1. The Morgan fingerprint density at radius 1 is 1.10 bits per heavy atom. The molecule has 2 aromatic rings. The summed E-state index contributed by atoms with van der Waals surface area (Å²) in [6.45, 7) is -0.268. The molecule has 1 aliphatic rings. The van der Waals surface area contributed by atoms with E-state index in [1.807, 2.05) is 0 Å². The van der Waals surface area contributed by atoms with Gasteiger partial charge in [0.25, 0.3) is 0 Å². The Hall–Kier alpha value is -1.70. The molecule has 0 aliphatic carbocycles. The van der Waals surface area contributed by atoms with E-state index in [1.54, 1.807) is 18.2 Å². The maximum Gasteiger partial charge on any atom is 0.190 e. The van der Waals surface area contributed by atoms with Crippen LogP contribution in [0.25, 0.3) is 10.8 Å². The molecule has 0 unspecified atom stereocenters. The van der Waals surface area contributed by atoms with Crippen molar-refractivity contribution in [3.8, 4) is 5.75 Å². The molecular weight excluding hydrogens is 276 g/mol. The highest BCUT2D eigenvalue weighted by Crippen LogP contribution is 2.39. The first-order valence-corrected chi connectivity index (χ1v) is 6.55. The number of aliphatic hydroxyl groups is 4. The maximum absolute atomic E-state index is 10.8. The van der Waals surface area contributed by atoms with Crippen LogP contribution < -0.4 is 0 Å². The molecule has 1 saturated heterocycles. The Morgan fingerprint density at radius 3 is 2.62 bits per heavy atom. The normalized spacial score (nSPS) is 33.2. The summed E-state index contributed by atoms with van der Waals surface area (Å²) in [5, 5.41) is 51.3. The first-order chi connectivity index (χ1) is 9.94. The lowest BCUT2D eigenvalue weighted by Gasteiger charge is -2.43. The number of rotatable bonds is 1. The highest BCUT2D eigenvalue weighted by Gasteiger charge is 2.52. The van der Waals surface area contributed by atoms with Crippen LogP contribution in [0.5, 0.6) is 5.75 Å². The van der Waals surface area contributed by atoms with Gasteiger partial charge in [-0.1, -0.05) is 24.3 Å². The van der Waals surface area contributed by atoms with Crippen LogP contribution in [0, 0.1) is 0 Å². The van der Waals surface area contributed by atoms with Gasteiger partial charge in [0.15, 0.2) is 11.9 Å². The van der Waals surface area contributed by atoms with Crippen LogP contribution in [0.4, 0.5) is 0 Å². The summed E-state index contributed by atoms with van der Waals surface area (Å²) in [4.78, 5) is 0. The fourth-order valence-corrected chi connectivity index (χ4v) is 2.76. The third-order valence-electron chi connectivity index (χ3n) is 3.91. The van der Waals surface area contributed by atoms with E-state index in [0.29, 0.717) is 10.8 Å². The third-order valence-corrected chi connectivity index (χ3v) is 3.91. The Bertz CT molecular complexity index is 672. The van der Waals surface area contributed by atoms with E-state index in [1.165, 1.54) is 18.2 Å². The molecule has 6 nitrogen and oxygen atoms in total. The fraction of sp³-hybridized carbons (Fsp3) is 0.333. The number of phenols is 1. The van der Waals surface area contributed by atoms with E-state index in [4.69, 9.17) is 4.74 Å². The molecule has 4 atom stereocenters. The van der Waals surface area contributed by atoms with Crippen molar-refractivity contribution in [2.75, 3.05) is 6.61 Å². The maximum atomic E-state index is 10.8. The smallest absolute Gasteiger partial charge is 0.190 e. The van der Waals surface area contributed by atoms with Gasteiger partial charge in [0.2, 0.25) is 0 Å². The minimum Gasteiger partial charge on any atom is -0.508 e. The third kappa shape index (κ3) is 2.08. The molecule has 1 aliphatic heterocycles. The van der Waals surface area contributed by atoms with Gasteiger partial charge < -0.3 is 30.3 Å². The number of aromatic hydroxyl groups is 1. The molecule has 0 saturated carbocycles. The van der Waals surface area contributed by atoms with Crippen LogP contribution in [-0.2, 0) is 10.3 Å². The minimum atomic E-state index is -2.16. The molecule has 21 heavy (non-hydrogen) atoms. The second-order valence-corrected chi connectivity index (χ2v) is 5.23. The highest BCUT2D eigenvalue weighted by molar-refractivity contribution is 5.87. The standard InChI is InChI=1S/C15H16O6/c16-9-4-5-10-8(6-9)2-1-3-11(10)15(20)13(18)12(17)7-21-14(15)19/h1-6,12-14,16-20H,7H2/t12-,13+,14+,15-/m1/s1. The number of hydrogen-bond acceptors (Lipinski definition) is 6. The predicted octanol–water partition coefficient (Wildman–Crippen LogP) is -0.197.